The molecule has 2 amide bonds. The standard InChI is InChI=1S/C18H20FN3O2/c19-14-7-8-15(16(12-14)22-18(24)10-11-20)21-17(23)9-6-13-4-2-1-3-5-13/h1-5,7-8,12H,6,9-11,20H2,(H,21,23)(H,22,24). The number of amides is 2. The Bertz CT molecular complexity index is 705. The third-order valence-electron chi connectivity index (χ3n) is 3.38. The van der Waals surface area contributed by atoms with Crippen LogP contribution in [0.2, 0.25) is 0 Å². The van der Waals surface area contributed by atoms with Crippen LogP contribution in [-0.4, -0.2) is 18.4 Å². The fourth-order valence-corrected chi connectivity index (χ4v) is 2.19. The molecule has 2 aromatic carbocycles. The Balaban J connectivity index is 2.00. The first-order valence-corrected chi connectivity index (χ1v) is 7.71. The largest absolute Gasteiger partial charge is 0.330 e. The second-order valence-electron chi connectivity index (χ2n) is 5.31. The number of nitrogens with one attached hydrogen (secondary N) is 2. The van der Waals surface area contributed by atoms with Crippen molar-refractivity contribution in [3.8, 4) is 0 Å². The minimum atomic E-state index is -0.500. The molecule has 126 valence electrons. The van der Waals surface area contributed by atoms with Crippen molar-refractivity contribution >= 4 is 23.2 Å². The number of rotatable bonds is 7. The molecule has 0 aliphatic heterocycles. The number of nitrogens with two attached hydrogens (primary N) is 1. The fraction of sp³-hybridized carbons (Fsp3) is 0.222. The molecule has 2 aromatic rings. The maximum Gasteiger partial charge on any atom is 0.225 e. The van der Waals surface area contributed by atoms with E-state index in [0.29, 0.717) is 12.1 Å². The van der Waals surface area contributed by atoms with E-state index >= 15 is 0 Å². The summed E-state index contributed by atoms with van der Waals surface area (Å²) >= 11 is 0. The highest BCUT2D eigenvalue weighted by Crippen LogP contribution is 2.23. The Morgan fingerprint density at radius 2 is 1.58 bits per heavy atom. The van der Waals surface area contributed by atoms with Gasteiger partial charge in [0, 0.05) is 19.4 Å². The summed E-state index contributed by atoms with van der Waals surface area (Å²) in [7, 11) is 0. The minimum Gasteiger partial charge on any atom is -0.330 e. The first kappa shape index (κ1) is 17.6. The Labute approximate surface area is 140 Å². The Morgan fingerprint density at radius 1 is 0.917 bits per heavy atom. The normalized spacial score (nSPS) is 10.2. The lowest BCUT2D eigenvalue weighted by Crippen LogP contribution is -2.19. The van der Waals surface area contributed by atoms with Crippen LogP contribution in [-0.2, 0) is 16.0 Å². The zero-order valence-corrected chi connectivity index (χ0v) is 13.2. The third kappa shape index (κ3) is 5.48. The van der Waals surface area contributed by atoms with E-state index in [-0.39, 0.29) is 36.9 Å². The number of halogens is 1. The Kier molecular flexibility index (Phi) is 6.45. The molecule has 6 heteroatoms. The van der Waals surface area contributed by atoms with Gasteiger partial charge in [-0.05, 0) is 30.2 Å². The summed E-state index contributed by atoms with van der Waals surface area (Å²) < 4.78 is 13.4. The Morgan fingerprint density at radius 3 is 2.29 bits per heavy atom. The lowest BCUT2D eigenvalue weighted by atomic mass is 10.1. The lowest BCUT2D eigenvalue weighted by Gasteiger charge is -2.12. The molecule has 0 spiro atoms. The summed E-state index contributed by atoms with van der Waals surface area (Å²) in [6.45, 7) is 0.194. The molecule has 0 unspecified atom stereocenters. The number of anilines is 2. The molecule has 0 saturated heterocycles. The van der Waals surface area contributed by atoms with Crippen molar-refractivity contribution in [3.63, 3.8) is 0 Å². The van der Waals surface area contributed by atoms with E-state index in [1.807, 2.05) is 30.3 Å². The first-order valence-electron chi connectivity index (χ1n) is 7.71. The van der Waals surface area contributed by atoms with Crippen molar-refractivity contribution in [1.82, 2.24) is 0 Å². The van der Waals surface area contributed by atoms with Crippen LogP contribution in [0.5, 0.6) is 0 Å². The SMILES string of the molecule is NCCC(=O)Nc1cc(F)ccc1NC(=O)CCc1ccccc1. The minimum absolute atomic E-state index is 0.123. The maximum atomic E-state index is 13.4. The summed E-state index contributed by atoms with van der Waals surface area (Å²) in [4.78, 5) is 23.7. The molecule has 0 fully saturated rings. The summed E-state index contributed by atoms with van der Waals surface area (Å²) in [6.07, 6.45) is 1.01. The molecule has 0 radical (unpaired) electrons. The van der Waals surface area contributed by atoms with Gasteiger partial charge in [0.05, 0.1) is 11.4 Å². The van der Waals surface area contributed by atoms with Crippen molar-refractivity contribution in [3.05, 3.63) is 59.9 Å². The molecule has 2 rings (SSSR count). The van der Waals surface area contributed by atoms with E-state index < -0.39 is 5.82 Å². The van der Waals surface area contributed by atoms with Gasteiger partial charge in [0.1, 0.15) is 5.82 Å². The Hall–Kier alpha value is -2.73. The van der Waals surface area contributed by atoms with Gasteiger partial charge in [-0.3, -0.25) is 9.59 Å². The van der Waals surface area contributed by atoms with Crippen LogP contribution >= 0.6 is 0 Å². The average Bonchev–Trinajstić information content (AvgIpc) is 2.56. The molecule has 24 heavy (non-hydrogen) atoms. The quantitative estimate of drug-likeness (QED) is 0.730. The fourth-order valence-electron chi connectivity index (χ4n) is 2.19. The molecule has 0 aliphatic carbocycles. The van der Waals surface area contributed by atoms with Gasteiger partial charge >= 0.3 is 0 Å². The highest BCUT2D eigenvalue weighted by atomic mass is 19.1. The number of hydrogen-bond donors (Lipinski definition) is 3. The highest BCUT2D eigenvalue weighted by molar-refractivity contribution is 5.99. The molecule has 0 atom stereocenters. The van der Waals surface area contributed by atoms with Gasteiger partial charge in [-0.2, -0.15) is 0 Å². The monoisotopic (exact) mass is 329 g/mol. The van der Waals surface area contributed by atoms with Crippen LogP contribution in [0.25, 0.3) is 0 Å². The van der Waals surface area contributed by atoms with Crippen molar-refractivity contribution in [1.29, 1.82) is 0 Å². The number of aryl methyl sites for hydroxylation is 1. The predicted molar refractivity (Wildman–Crippen MR) is 92.1 cm³/mol. The first-order chi connectivity index (χ1) is 11.6. The second-order valence-corrected chi connectivity index (χ2v) is 5.31. The zero-order valence-electron chi connectivity index (χ0n) is 13.2. The van der Waals surface area contributed by atoms with Crippen molar-refractivity contribution in [2.75, 3.05) is 17.2 Å². The molecular formula is C18H20FN3O2. The van der Waals surface area contributed by atoms with Gasteiger partial charge in [-0.1, -0.05) is 30.3 Å². The van der Waals surface area contributed by atoms with Gasteiger partial charge < -0.3 is 16.4 Å². The maximum absolute atomic E-state index is 13.4. The second kappa shape index (κ2) is 8.79. The van der Waals surface area contributed by atoms with E-state index in [4.69, 9.17) is 5.73 Å². The molecule has 4 N–H and O–H groups in total. The summed E-state index contributed by atoms with van der Waals surface area (Å²) in [5, 5.41) is 5.26. The van der Waals surface area contributed by atoms with E-state index in [2.05, 4.69) is 10.6 Å². The van der Waals surface area contributed by atoms with E-state index in [1.54, 1.807) is 0 Å². The van der Waals surface area contributed by atoms with Crippen LogP contribution in [0.1, 0.15) is 18.4 Å². The van der Waals surface area contributed by atoms with Crippen LogP contribution in [0.15, 0.2) is 48.5 Å². The zero-order chi connectivity index (χ0) is 17.4. The molecule has 0 saturated carbocycles. The number of carbonyl (C=O) groups is 2. The number of benzene rings is 2. The number of carbonyl (C=O) groups excluding carboxylic acids is 2. The van der Waals surface area contributed by atoms with Crippen LogP contribution in [0.4, 0.5) is 15.8 Å². The molecule has 5 nitrogen and oxygen atoms in total. The van der Waals surface area contributed by atoms with E-state index in [0.717, 1.165) is 5.56 Å². The highest BCUT2D eigenvalue weighted by Gasteiger charge is 2.11. The molecular weight excluding hydrogens is 309 g/mol. The molecule has 0 aromatic heterocycles. The molecule has 0 heterocycles. The van der Waals surface area contributed by atoms with Crippen LogP contribution in [0.3, 0.4) is 0 Å². The van der Waals surface area contributed by atoms with Gasteiger partial charge in [0.15, 0.2) is 0 Å². The average molecular weight is 329 g/mol. The topological polar surface area (TPSA) is 84.2 Å². The van der Waals surface area contributed by atoms with Crippen molar-refractivity contribution < 1.29 is 14.0 Å². The van der Waals surface area contributed by atoms with E-state index in [1.165, 1.54) is 18.2 Å². The predicted octanol–water partition coefficient (Wildman–Crippen LogP) is 2.68. The third-order valence-corrected chi connectivity index (χ3v) is 3.38. The summed E-state index contributed by atoms with van der Waals surface area (Å²) in [5.74, 6) is -1.04. The van der Waals surface area contributed by atoms with Crippen LogP contribution < -0.4 is 16.4 Å². The van der Waals surface area contributed by atoms with Crippen LogP contribution in [0, 0.1) is 5.82 Å². The smallest absolute Gasteiger partial charge is 0.225 e. The summed E-state index contributed by atoms with van der Waals surface area (Å²) in [5.41, 5.74) is 6.97. The number of hydrogen-bond acceptors (Lipinski definition) is 3. The van der Waals surface area contributed by atoms with Gasteiger partial charge in [-0.15, -0.1) is 0 Å². The molecule has 0 aliphatic rings. The van der Waals surface area contributed by atoms with Gasteiger partial charge in [-0.25, -0.2) is 4.39 Å². The molecule has 0 bridgehead atoms. The van der Waals surface area contributed by atoms with E-state index in [9.17, 15) is 14.0 Å². The van der Waals surface area contributed by atoms with Gasteiger partial charge in [0.2, 0.25) is 11.8 Å². The lowest BCUT2D eigenvalue weighted by molar-refractivity contribution is -0.117. The van der Waals surface area contributed by atoms with Crippen molar-refractivity contribution in [2.45, 2.75) is 19.3 Å². The van der Waals surface area contributed by atoms with Gasteiger partial charge in [0.25, 0.3) is 0 Å². The summed E-state index contributed by atoms with van der Waals surface area (Å²) in [6, 6.07) is 13.5. The van der Waals surface area contributed by atoms with Crippen molar-refractivity contribution in [2.24, 2.45) is 5.73 Å².